The SMILES string of the molecule is COc1ccc(CN(Cc2cc3cc(C)ccc3n3nnnc23)C(=O)c2cccs2)cc1. The molecule has 0 unspecified atom stereocenters. The molecule has 0 aliphatic rings. The molecule has 0 fully saturated rings. The molecular formula is C24H21N5O2S. The van der Waals surface area contributed by atoms with E-state index in [-0.39, 0.29) is 5.91 Å². The molecule has 5 rings (SSSR count). The summed E-state index contributed by atoms with van der Waals surface area (Å²) in [4.78, 5) is 15.9. The van der Waals surface area contributed by atoms with Crippen LogP contribution < -0.4 is 4.74 Å². The van der Waals surface area contributed by atoms with E-state index in [9.17, 15) is 4.79 Å². The number of amides is 1. The van der Waals surface area contributed by atoms with Crippen molar-refractivity contribution in [2.45, 2.75) is 20.0 Å². The van der Waals surface area contributed by atoms with Crippen molar-refractivity contribution in [3.05, 3.63) is 87.6 Å². The van der Waals surface area contributed by atoms with Crippen LogP contribution in [-0.2, 0) is 13.1 Å². The normalized spacial score (nSPS) is 11.2. The van der Waals surface area contributed by atoms with Gasteiger partial charge in [-0.05, 0) is 64.7 Å². The van der Waals surface area contributed by atoms with Crippen LogP contribution in [0.4, 0.5) is 0 Å². The Morgan fingerprint density at radius 3 is 2.69 bits per heavy atom. The molecule has 0 saturated carbocycles. The Kier molecular flexibility index (Phi) is 5.28. The molecular weight excluding hydrogens is 422 g/mol. The van der Waals surface area contributed by atoms with Crippen molar-refractivity contribution < 1.29 is 9.53 Å². The number of carbonyl (C=O) groups excluding carboxylic acids is 1. The maximum absolute atomic E-state index is 13.4. The minimum Gasteiger partial charge on any atom is -0.497 e. The number of fused-ring (bicyclic) bond motifs is 3. The zero-order valence-corrected chi connectivity index (χ0v) is 18.5. The maximum atomic E-state index is 13.4. The number of nitrogens with zero attached hydrogens (tertiary/aromatic N) is 5. The molecule has 0 N–H and O–H groups in total. The van der Waals surface area contributed by atoms with E-state index in [1.54, 1.807) is 11.6 Å². The van der Waals surface area contributed by atoms with Gasteiger partial charge in [0.05, 0.1) is 24.0 Å². The number of thiophene rings is 1. The van der Waals surface area contributed by atoms with E-state index < -0.39 is 0 Å². The number of ether oxygens (including phenoxy) is 1. The molecule has 0 bridgehead atoms. The molecule has 5 aromatic rings. The van der Waals surface area contributed by atoms with Crippen LogP contribution in [0.5, 0.6) is 5.75 Å². The summed E-state index contributed by atoms with van der Waals surface area (Å²) in [7, 11) is 1.64. The first kappa shape index (κ1) is 20.1. The quantitative estimate of drug-likeness (QED) is 0.386. The lowest BCUT2D eigenvalue weighted by Gasteiger charge is -2.23. The molecule has 0 aliphatic carbocycles. The van der Waals surface area contributed by atoms with E-state index in [1.807, 2.05) is 58.8 Å². The second-order valence-electron chi connectivity index (χ2n) is 7.63. The summed E-state index contributed by atoms with van der Waals surface area (Å²) in [5.41, 5.74) is 4.65. The van der Waals surface area contributed by atoms with Gasteiger partial charge in [-0.25, -0.2) is 0 Å². The third-order valence-electron chi connectivity index (χ3n) is 5.41. The number of rotatable bonds is 6. The van der Waals surface area contributed by atoms with Gasteiger partial charge in [0.1, 0.15) is 5.75 Å². The molecule has 3 aromatic heterocycles. The Morgan fingerprint density at radius 2 is 1.94 bits per heavy atom. The number of carbonyl (C=O) groups is 1. The summed E-state index contributed by atoms with van der Waals surface area (Å²) in [6.07, 6.45) is 0. The van der Waals surface area contributed by atoms with Crippen molar-refractivity contribution in [3.63, 3.8) is 0 Å². The van der Waals surface area contributed by atoms with Gasteiger partial charge in [0.2, 0.25) is 0 Å². The highest BCUT2D eigenvalue weighted by Gasteiger charge is 2.20. The number of hydrogen-bond acceptors (Lipinski definition) is 6. The zero-order chi connectivity index (χ0) is 22.1. The first-order valence-electron chi connectivity index (χ1n) is 10.2. The second-order valence-corrected chi connectivity index (χ2v) is 8.58. The number of methoxy groups -OCH3 is 1. The van der Waals surface area contributed by atoms with E-state index >= 15 is 0 Å². The summed E-state index contributed by atoms with van der Waals surface area (Å²) in [5, 5.41) is 15.3. The lowest BCUT2D eigenvalue weighted by Crippen LogP contribution is -2.29. The van der Waals surface area contributed by atoms with E-state index in [0.717, 1.165) is 33.3 Å². The Bertz CT molecular complexity index is 1390. The first-order valence-corrected chi connectivity index (χ1v) is 11.1. The predicted octanol–water partition coefficient (Wildman–Crippen LogP) is 4.50. The fourth-order valence-corrected chi connectivity index (χ4v) is 4.50. The molecule has 8 heteroatoms. The van der Waals surface area contributed by atoms with Gasteiger partial charge in [-0.2, -0.15) is 4.52 Å². The lowest BCUT2D eigenvalue weighted by atomic mass is 10.1. The van der Waals surface area contributed by atoms with Gasteiger partial charge in [0, 0.05) is 17.5 Å². The molecule has 2 aromatic carbocycles. The number of tetrazole rings is 1. The number of aryl methyl sites for hydroxylation is 1. The van der Waals surface area contributed by atoms with Crippen molar-refractivity contribution >= 4 is 33.8 Å². The zero-order valence-electron chi connectivity index (χ0n) is 17.7. The van der Waals surface area contributed by atoms with Crippen molar-refractivity contribution in [1.29, 1.82) is 0 Å². The van der Waals surface area contributed by atoms with Crippen molar-refractivity contribution in [1.82, 2.24) is 24.9 Å². The Morgan fingerprint density at radius 1 is 1.09 bits per heavy atom. The molecule has 0 aliphatic heterocycles. The molecule has 160 valence electrons. The van der Waals surface area contributed by atoms with Crippen LogP contribution in [0, 0.1) is 6.92 Å². The monoisotopic (exact) mass is 443 g/mol. The molecule has 32 heavy (non-hydrogen) atoms. The van der Waals surface area contributed by atoms with Crippen LogP contribution >= 0.6 is 11.3 Å². The number of benzene rings is 2. The van der Waals surface area contributed by atoms with Gasteiger partial charge in [-0.1, -0.05) is 29.8 Å². The van der Waals surface area contributed by atoms with Crippen LogP contribution in [0.3, 0.4) is 0 Å². The first-order chi connectivity index (χ1) is 15.6. The highest BCUT2D eigenvalue weighted by molar-refractivity contribution is 7.12. The van der Waals surface area contributed by atoms with E-state index in [2.05, 4.69) is 34.6 Å². The average molecular weight is 444 g/mol. The number of aromatic nitrogens is 4. The second kappa shape index (κ2) is 8.39. The third-order valence-corrected chi connectivity index (χ3v) is 6.27. The summed E-state index contributed by atoms with van der Waals surface area (Å²) in [6, 6.07) is 19.8. The van der Waals surface area contributed by atoms with Gasteiger partial charge < -0.3 is 9.64 Å². The standard InChI is InChI=1S/C24H21N5O2S/c1-16-5-10-21-18(12-16)13-19(23-25-26-27-29(21)23)15-28(24(30)22-4-3-11-32-22)14-17-6-8-20(31-2)9-7-17/h3-13H,14-15H2,1-2H3. The maximum Gasteiger partial charge on any atom is 0.264 e. The predicted molar refractivity (Wildman–Crippen MR) is 124 cm³/mol. The fraction of sp³-hybridized carbons (Fsp3) is 0.167. The minimum atomic E-state index is -0.0224. The molecule has 0 spiro atoms. The molecule has 0 radical (unpaired) electrons. The largest absolute Gasteiger partial charge is 0.497 e. The van der Waals surface area contributed by atoms with Crippen molar-refractivity contribution in [3.8, 4) is 5.75 Å². The average Bonchev–Trinajstić information content (AvgIpc) is 3.51. The van der Waals surface area contributed by atoms with Gasteiger partial charge in [0.25, 0.3) is 5.91 Å². The highest BCUT2D eigenvalue weighted by atomic mass is 32.1. The van der Waals surface area contributed by atoms with E-state index in [0.29, 0.717) is 23.6 Å². The summed E-state index contributed by atoms with van der Waals surface area (Å²) in [5.74, 6) is 0.761. The van der Waals surface area contributed by atoms with Crippen molar-refractivity contribution in [2.75, 3.05) is 7.11 Å². The topological polar surface area (TPSA) is 72.6 Å². The van der Waals surface area contributed by atoms with Gasteiger partial charge in [-0.3, -0.25) is 4.79 Å². The van der Waals surface area contributed by atoms with Crippen LogP contribution in [0.2, 0.25) is 0 Å². The molecule has 0 atom stereocenters. The molecule has 1 amide bonds. The summed E-state index contributed by atoms with van der Waals surface area (Å²) >= 11 is 1.44. The summed E-state index contributed by atoms with van der Waals surface area (Å²) < 4.78 is 7.00. The third kappa shape index (κ3) is 3.80. The smallest absolute Gasteiger partial charge is 0.264 e. The fourth-order valence-electron chi connectivity index (χ4n) is 3.81. The van der Waals surface area contributed by atoms with Crippen molar-refractivity contribution in [2.24, 2.45) is 0 Å². The van der Waals surface area contributed by atoms with Gasteiger partial charge >= 0.3 is 0 Å². The van der Waals surface area contributed by atoms with Crippen LogP contribution in [0.15, 0.2) is 66.0 Å². The molecule has 3 heterocycles. The molecule has 0 saturated heterocycles. The van der Waals surface area contributed by atoms with Crippen LogP contribution in [0.1, 0.15) is 26.4 Å². The highest BCUT2D eigenvalue weighted by Crippen LogP contribution is 2.24. The minimum absolute atomic E-state index is 0.0224. The van der Waals surface area contributed by atoms with Crippen LogP contribution in [-0.4, -0.2) is 38.0 Å². The Labute approximate surface area is 188 Å². The number of pyridine rings is 1. The number of hydrogen-bond donors (Lipinski definition) is 0. The van der Waals surface area contributed by atoms with Crippen LogP contribution in [0.25, 0.3) is 16.6 Å². The van der Waals surface area contributed by atoms with E-state index in [4.69, 9.17) is 4.74 Å². The Hall–Kier alpha value is -3.78. The Balaban J connectivity index is 1.56. The van der Waals surface area contributed by atoms with Gasteiger partial charge in [0.15, 0.2) is 5.65 Å². The summed E-state index contributed by atoms with van der Waals surface area (Å²) in [6.45, 7) is 2.90. The van der Waals surface area contributed by atoms with E-state index in [1.165, 1.54) is 11.3 Å². The lowest BCUT2D eigenvalue weighted by molar-refractivity contribution is 0.0735. The van der Waals surface area contributed by atoms with Gasteiger partial charge in [-0.15, -0.1) is 16.4 Å². The molecule has 7 nitrogen and oxygen atoms in total.